The van der Waals surface area contributed by atoms with Crippen LogP contribution in [0.5, 0.6) is 5.75 Å². The first-order valence-corrected chi connectivity index (χ1v) is 6.03. The molecule has 118 valence electrons. The fourth-order valence-corrected chi connectivity index (χ4v) is 1.94. The fourth-order valence-electron chi connectivity index (χ4n) is 1.94. The Morgan fingerprint density at radius 1 is 1.14 bits per heavy atom. The summed E-state index contributed by atoms with van der Waals surface area (Å²) < 4.78 is 10.5. The smallest absolute Gasteiger partial charge is 0.294 e. The van der Waals surface area contributed by atoms with Crippen LogP contribution in [0.4, 0.5) is 5.69 Å². The standard InChI is InChI=1S/C12H15NO7.H2O/c14-5-8-9(15)10(16)11(17)12(20-8)19-7-4-2-1-3-6(7)13-18;/h1-4,8-12,14-17H,5H2;1H2/t8-,9+,10+,11-,12-;/m1./s1. The number of ether oxygens (including phenoxy) is 2. The number of benzene rings is 1. The van der Waals surface area contributed by atoms with Crippen molar-refractivity contribution in [3.05, 3.63) is 29.2 Å². The van der Waals surface area contributed by atoms with Crippen LogP contribution in [0.15, 0.2) is 24.3 Å². The zero-order chi connectivity index (χ0) is 14.7. The summed E-state index contributed by atoms with van der Waals surface area (Å²) in [6.07, 6.45) is -6.89. The van der Waals surface area contributed by atoms with Crippen molar-refractivity contribution in [2.75, 3.05) is 6.61 Å². The lowest BCUT2D eigenvalue weighted by Gasteiger charge is -2.39. The van der Waals surface area contributed by atoms with Crippen molar-refractivity contribution < 1.29 is 40.6 Å². The number of nitrogens with one attached hydrogen (secondary N) is 1. The van der Waals surface area contributed by atoms with E-state index in [1.165, 1.54) is 12.1 Å². The van der Waals surface area contributed by atoms with E-state index in [0.717, 1.165) is 0 Å². The molecule has 21 heavy (non-hydrogen) atoms. The molecular weight excluding hydrogens is 286 g/mol. The second kappa shape index (κ2) is 7.41. The molecule has 1 aromatic carbocycles. The predicted molar refractivity (Wildman–Crippen MR) is 66.8 cm³/mol. The zero-order valence-electron chi connectivity index (χ0n) is 10.9. The average Bonchev–Trinajstić information content (AvgIpc) is 2.48. The molecule has 0 aromatic heterocycles. The summed E-state index contributed by atoms with van der Waals surface area (Å²) in [5.41, 5.74) is 0.129. The number of para-hydroxylation sites is 2. The van der Waals surface area contributed by atoms with Crippen LogP contribution in [-0.2, 0) is 4.74 Å². The summed E-state index contributed by atoms with van der Waals surface area (Å²) in [4.78, 5) is 10.7. The summed E-state index contributed by atoms with van der Waals surface area (Å²) in [5.74, 6) is 0.117. The highest BCUT2D eigenvalue weighted by molar-refractivity contribution is 5.44. The highest BCUT2D eigenvalue weighted by Gasteiger charge is 2.45. The maximum atomic E-state index is 10.7. The monoisotopic (exact) mass is 303 g/mol. The normalized spacial score (nSPS) is 32.1. The summed E-state index contributed by atoms with van der Waals surface area (Å²) >= 11 is 0. The van der Waals surface area contributed by atoms with E-state index < -0.39 is 37.3 Å². The van der Waals surface area contributed by atoms with Gasteiger partial charge in [-0.25, -0.2) is 0 Å². The Morgan fingerprint density at radius 3 is 2.43 bits per heavy atom. The molecule has 1 heterocycles. The van der Waals surface area contributed by atoms with Crippen molar-refractivity contribution in [2.45, 2.75) is 30.7 Å². The van der Waals surface area contributed by atoms with E-state index in [0.29, 0.717) is 0 Å². The van der Waals surface area contributed by atoms with Gasteiger partial charge in [0.05, 0.1) is 6.61 Å². The Balaban J connectivity index is 0.00000220. The number of aliphatic hydroxyl groups is 4. The summed E-state index contributed by atoms with van der Waals surface area (Å²) in [6.45, 7) is -0.549. The Morgan fingerprint density at radius 2 is 1.81 bits per heavy atom. The molecule has 9 heteroatoms. The van der Waals surface area contributed by atoms with Crippen LogP contribution >= 0.6 is 0 Å². The van der Waals surface area contributed by atoms with Gasteiger partial charge in [-0.15, -0.1) is 0 Å². The highest BCUT2D eigenvalue weighted by atomic mass is 16.7. The van der Waals surface area contributed by atoms with Gasteiger partial charge < -0.3 is 35.4 Å². The van der Waals surface area contributed by atoms with Crippen molar-refractivity contribution in [1.82, 2.24) is 0 Å². The Hall–Kier alpha value is -1.62. The van der Waals surface area contributed by atoms with Crippen molar-refractivity contribution in [1.29, 1.82) is 0 Å². The van der Waals surface area contributed by atoms with Crippen LogP contribution in [-0.4, -0.2) is 63.2 Å². The number of aliphatic hydroxyl groups excluding tert-OH is 4. The molecular formula is C12H17NO8. The molecule has 0 amide bonds. The predicted octanol–water partition coefficient (Wildman–Crippen LogP) is -2.83. The van der Waals surface area contributed by atoms with Crippen LogP contribution in [0.1, 0.15) is 0 Å². The molecule has 0 radical (unpaired) electrons. The van der Waals surface area contributed by atoms with Gasteiger partial charge >= 0.3 is 0 Å². The molecule has 0 unspecified atom stereocenters. The van der Waals surface area contributed by atoms with Crippen LogP contribution in [0.25, 0.3) is 0 Å². The molecule has 0 bridgehead atoms. The summed E-state index contributed by atoms with van der Waals surface area (Å²) in [7, 11) is 0. The van der Waals surface area contributed by atoms with Crippen molar-refractivity contribution >= 4 is 5.69 Å². The third-order valence-corrected chi connectivity index (χ3v) is 3.09. The van der Waals surface area contributed by atoms with Crippen molar-refractivity contribution in [2.24, 2.45) is 0 Å². The lowest BCUT2D eigenvalue weighted by atomic mass is 9.99. The third kappa shape index (κ3) is 3.53. The largest absolute Gasteiger partial charge is 0.870 e. The maximum absolute atomic E-state index is 10.7. The lowest BCUT2D eigenvalue weighted by Crippen LogP contribution is -2.60. The average molecular weight is 303 g/mol. The molecule has 1 aliphatic rings. The van der Waals surface area contributed by atoms with Gasteiger partial charge in [0.25, 0.3) is 5.69 Å². The molecule has 1 fully saturated rings. The van der Waals surface area contributed by atoms with E-state index in [2.05, 4.69) is 0 Å². The van der Waals surface area contributed by atoms with Gasteiger partial charge in [-0.3, -0.25) is 0 Å². The molecule has 0 saturated carbocycles. The van der Waals surface area contributed by atoms with E-state index in [4.69, 9.17) is 14.6 Å². The number of rotatable bonds is 4. The van der Waals surface area contributed by atoms with Crippen LogP contribution < -0.4 is 9.91 Å². The maximum Gasteiger partial charge on any atom is 0.294 e. The Kier molecular flexibility index (Phi) is 6.15. The molecule has 5 atom stereocenters. The third-order valence-electron chi connectivity index (χ3n) is 3.09. The van der Waals surface area contributed by atoms with E-state index in [9.17, 15) is 20.2 Å². The minimum atomic E-state index is -1.53. The zero-order valence-corrected chi connectivity index (χ0v) is 10.9. The molecule has 6 N–H and O–H groups in total. The van der Waals surface area contributed by atoms with Gasteiger partial charge in [-0.1, -0.05) is 12.1 Å². The van der Waals surface area contributed by atoms with Gasteiger partial charge in [0.1, 0.15) is 24.4 Å². The SMILES string of the molecule is O=[NH+]c1ccccc1O[C@@H]1O[C@H](CO)[C@H](O)[C@H](O)[C@H]1O.[OH-]. The minimum Gasteiger partial charge on any atom is -0.870 e. The molecule has 1 aliphatic heterocycles. The van der Waals surface area contributed by atoms with E-state index in [1.54, 1.807) is 17.3 Å². The van der Waals surface area contributed by atoms with Crippen LogP contribution in [0.2, 0.25) is 0 Å². The molecule has 0 spiro atoms. The van der Waals surface area contributed by atoms with E-state index in [-0.39, 0.29) is 16.9 Å². The molecule has 2 rings (SSSR count). The molecule has 0 aliphatic carbocycles. The second-order valence-electron chi connectivity index (χ2n) is 4.41. The minimum absolute atomic E-state index is 0. The molecule has 9 nitrogen and oxygen atoms in total. The van der Waals surface area contributed by atoms with Crippen molar-refractivity contribution in [3.63, 3.8) is 0 Å². The first kappa shape index (κ1) is 17.4. The number of nitroso groups, excluding NO2 is 1. The first-order valence-electron chi connectivity index (χ1n) is 6.03. The summed E-state index contributed by atoms with van der Waals surface area (Å²) in [5, 5.41) is 39.8. The van der Waals surface area contributed by atoms with Gasteiger partial charge in [0.15, 0.2) is 5.75 Å². The molecule has 1 saturated heterocycles. The Labute approximate surface area is 119 Å². The highest BCUT2D eigenvalue weighted by Crippen LogP contribution is 2.26. The van der Waals surface area contributed by atoms with Crippen LogP contribution in [0.3, 0.4) is 0 Å². The fraction of sp³-hybridized carbons (Fsp3) is 0.500. The van der Waals surface area contributed by atoms with E-state index in [1.807, 2.05) is 0 Å². The molecule has 1 aromatic rings. The van der Waals surface area contributed by atoms with Crippen LogP contribution in [0, 0.1) is 4.91 Å². The van der Waals surface area contributed by atoms with Gasteiger partial charge in [0, 0.05) is 16.2 Å². The second-order valence-corrected chi connectivity index (χ2v) is 4.41. The first-order chi connectivity index (χ1) is 9.58. The summed E-state index contributed by atoms with van der Waals surface area (Å²) in [6, 6.07) is 6.16. The number of hydrogen-bond acceptors (Lipinski definition) is 8. The van der Waals surface area contributed by atoms with Gasteiger partial charge in [-0.2, -0.15) is 0 Å². The number of hydrogen-bond donors (Lipinski definition) is 5. The van der Waals surface area contributed by atoms with Crippen molar-refractivity contribution in [3.8, 4) is 5.75 Å². The quantitative estimate of drug-likeness (QED) is 0.397. The van der Waals surface area contributed by atoms with Gasteiger partial charge in [-0.05, 0) is 6.07 Å². The topological polar surface area (TPSA) is 160 Å². The van der Waals surface area contributed by atoms with E-state index >= 15 is 0 Å². The Bertz CT molecular complexity index is 468. The lowest BCUT2D eigenvalue weighted by molar-refractivity contribution is -0.382. The van der Waals surface area contributed by atoms with Gasteiger partial charge in [0.2, 0.25) is 6.29 Å².